The molecule has 0 bridgehead atoms. The summed E-state index contributed by atoms with van der Waals surface area (Å²) in [4.78, 5) is 35.2. The predicted molar refractivity (Wildman–Crippen MR) is 132 cm³/mol. The molecule has 2 aromatic carbocycles. The van der Waals surface area contributed by atoms with E-state index >= 15 is 0 Å². The lowest BCUT2D eigenvalue weighted by Gasteiger charge is -2.25. The van der Waals surface area contributed by atoms with Crippen LogP contribution < -0.4 is 19.6 Å². The van der Waals surface area contributed by atoms with Crippen LogP contribution >= 0.6 is 11.3 Å². The monoisotopic (exact) mass is 473 g/mol. The third-order valence-corrected chi connectivity index (χ3v) is 6.84. The maximum Gasteiger partial charge on any atom is 0.338 e. The molecule has 5 rings (SSSR count). The van der Waals surface area contributed by atoms with E-state index in [-0.39, 0.29) is 12.2 Å². The second-order valence-electron chi connectivity index (χ2n) is 7.83. The molecule has 0 aliphatic carbocycles. The van der Waals surface area contributed by atoms with E-state index in [1.165, 1.54) is 11.3 Å². The van der Waals surface area contributed by atoms with Gasteiger partial charge in [-0.15, -0.1) is 0 Å². The van der Waals surface area contributed by atoms with Crippen molar-refractivity contribution in [3.63, 3.8) is 0 Å². The summed E-state index contributed by atoms with van der Waals surface area (Å²) in [5.74, 6) is 0.0840. The molecule has 7 nitrogen and oxygen atoms in total. The summed E-state index contributed by atoms with van der Waals surface area (Å²) >= 11 is 1.30. The molecule has 4 aromatic rings. The fourth-order valence-electron chi connectivity index (χ4n) is 4.33. The molecule has 34 heavy (non-hydrogen) atoms. The van der Waals surface area contributed by atoms with E-state index in [0.29, 0.717) is 31.9 Å². The number of esters is 1. The van der Waals surface area contributed by atoms with Gasteiger partial charge < -0.3 is 14.5 Å². The van der Waals surface area contributed by atoms with Crippen LogP contribution in [0, 0.1) is 0 Å². The predicted octanol–water partition coefficient (Wildman–Crippen LogP) is 3.29. The molecule has 0 amide bonds. The minimum Gasteiger partial charge on any atom is -0.496 e. The average Bonchev–Trinajstić information content (AvgIpc) is 3.39. The summed E-state index contributed by atoms with van der Waals surface area (Å²) in [6.45, 7) is 3.74. The van der Waals surface area contributed by atoms with E-state index in [1.54, 1.807) is 25.5 Å². The largest absolute Gasteiger partial charge is 0.496 e. The highest BCUT2D eigenvalue weighted by molar-refractivity contribution is 7.07. The lowest BCUT2D eigenvalue weighted by molar-refractivity contribution is -0.139. The van der Waals surface area contributed by atoms with E-state index < -0.39 is 12.0 Å². The van der Waals surface area contributed by atoms with Gasteiger partial charge in [0.15, 0.2) is 4.80 Å². The zero-order valence-electron chi connectivity index (χ0n) is 19.0. The number of allylic oxidation sites excluding steroid dienone is 1. The van der Waals surface area contributed by atoms with Gasteiger partial charge in [0, 0.05) is 28.2 Å². The number of benzene rings is 2. The number of para-hydroxylation sites is 2. The first-order valence-corrected chi connectivity index (χ1v) is 11.7. The minimum atomic E-state index is -0.712. The molecule has 3 heterocycles. The Balaban J connectivity index is 1.77. The summed E-state index contributed by atoms with van der Waals surface area (Å²) < 4.78 is 13.0. The average molecular weight is 474 g/mol. The van der Waals surface area contributed by atoms with Crippen LogP contribution in [0.1, 0.15) is 31.0 Å². The number of fused-ring (bicyclic) bond motifs is 2. The topological polar surface area (TPSA) is 85.7 Å². The van der Waals surface area contributed by atoms with Crippen LogP contribution in [0.3, 0.4) is 0 Å². The molecule has 0 radical (unpaired) electrons. The first kappa shape index (κ1) is 21.9. The number of aromatic nitrogens is 2. The van der Waals surface area contributed by atoms with Crippen LogP contribution in [-0.4, -0.2) is 29.2 Å². The van der Waals surface area contributed by atoms with Crippen LogP contribution in [-0.2, 0) is 9.53 Å². The highest BCUT2D eigenvalue weighted by Crippen LogP contribution is 2.35. The number of rotatable bonds is 5. The van der Waals surface area contributed by atoms with Crippen molar-refractivity contribution in [1.82, 2.24) is 9.55 Å². The van der Waals surface area contributed by atoms with Crippen LogP contribution in [0.5, 0.6) is 5.75 Å². The van der Waals surface area contributed by atoms with E-state index in [2.05, 4.69) is 9.98 Å². The number of ether oxygens (including phenoxy) is 2. The van der Waals surface area contributed by atoms with Crippen LogP contribution in [0.4, 0.5) is 0 Å². The Morgan fingerprint density at radius 1 is 1.21 bits per heavy atom. The number of H-pyrrole nitrogens is 1. The van der Waals surface area contributed by atoms with Gasteiger partial charge in [0.25, 0.3) is 5.56 Å². The van der Waals surface area contributed by atoms with Gasteiger partial charge in [0.05, 0.1) is 29.5 Å². The zero-order valence-corrected chi connectivity index (χ0v) is 19.8. The molecule has 172 valence electrons. The van der Waals surface area contributed by atoms with Gasteiger partial charge in [-0.1, -0.05) is 47.7 Å². The van der Waals surface area contributed by atoms with E-state index in [4.69, 9.17) is 9.47 Å². The van der Waals surface area contributed by atoms with Crippen LogP contribution in [0.25, 0.3) is 17.0 Å². The molecule has 0 saturated heterocycles. The molecule has 0 saturated carbocycles. The first-order valence-electron chi connectivity index (χ1n) is 10.9. The smallest absolute Gasteiger partial charge is 0.338 e. The van der Waals surface area contributed by atoms with Crippen molar-refractivity contribution in [2.24, 2.45) is 4.99 Å². The number of methoxy groups -OCH3 is 1. The van der Waals surface area contributed by atoms with E-state index in [1.807, 2.05) is 60.8 Å². The number of aromatic amines is 1. The maximum atomic E-state index is 13.7. The van der Waals surface area contributed by atoms with Crippen molar-refractivity contribution in [2.45, 2.75) is 19.9 Å². The van der Waals surface area contributed by atoms with Gasteiger partial charge in [-0.25, -0.2) is 9.79 Å². The number of thiazole rings is 1. The summed E-state index contributed by atoms with van der Waals surface area (Å²) in [6.07, 6.45) is 3.75. The summed E-state index contributed by atoms with van der Waals surface area (Å²) in [5.41, 5.74) is 3.23. The Hall–Kier alpha value is -3.91. The number of carbonyl (C=O) groups is 1. The van der Waals surface area contributed by atoms with Crippen molar-refractivity contribution in [3.05, 3.63) is 96.8 Å². The van der Waals surface area contributed by atoms with Crippen molar-refractivity contribution < 1.29 is 14.3 Å². The Labute approximate surface area is 199 Å². The second kappa shape index (κ2) is 8.79. The van der Waals surface area contributed by atoms with Crippen molar-refractivity contribution in [2.75, 3.05) is 13.7 Å². The normalized spacial score (nSPS) is 15.9. The van der Waals surface area contributed by atoms with Crippen molar-refractivity contribution in [3.8, 4) is 5.75 Å². The molecule has 0 spiro atoms. The molecule has 1 atom stereocenters. The Morgan fingerprint density at radius 3 is 2.76 bits per heavy atom. The van der Waals surface area contributed by atoms with Crippen molar-refractivity contribution >= 4 is 34.3 Å². The third-order valence-electron chi connectivity index (χ3n) is 5.86. The van der Waals surface area contributed by atoms with E-state index in [0.717, 1.165) is 16.5 Å². The standard InChI is InChI=1S/C26H23N3O4S/c1-4-33-25(31)22-15(2)28-26-29(23(22)18-10-6-8-12-20(18)32-3)24(30)21(34-26)13-16-14-27-19-11-7-5-9-17(16)19/h5-14,23,27H,4H2,1-3H3. The van der Waals surface area contributed by atoms with Gasteiger partial charge in [-0.3, -0.25) is 9.36 Å². The lowest BCUT2D eigenvalue weighted by Crippen LogP contribution is -2.40. The molecular weight excluding hydrogens is 450 g/mol. The maximum absolute atomic E-state index is 13.7. The molecule has 1 aliphatic heterocycles. The first-order chi connectivity index (χ1) is 16.5. The van der Waals surface area contributed by atoms with Crippen LogP contribution in [0.2, 0.25) is 0 Å². The van der Waals surface area contributed by atoms with Gasteiger partial charge in [0.2, 0.25) is 0 Å². The van der Waals surface area contributed by atoms with Crippen molar-refractivity contribution in [1.29, 1.82) is 0 Å². The Bertz CT molecular complexity index is 1620. The summed E-state index contributed by atoms with van der Waals surface area (Å²) in [7, 11) is 1.57. The second-order valence-corrected chi connectivity index (χ2v) is 8.84. The Kier molecular flexibility index (Phi) is 5.67. The molecule has 8 heteroatoms. The summed E-state index contributed by atoms with van der Waals surface area (Å²) in [6, 6.07) is 14.6. The third kappa shape index (κ3) is 3.56. The van der Waals surface area contributed by atoms with Gasteiger partial charge in [0.1, 0.15) is 11.8 Å². The Morgan fingerprint density at radius 2 is 1.97 bits per heavy atom. The fourth-order valence-corrected chi connectivity index (χ4v) is 5.37. The number of hydrogen-bond donors (Lipinski definition) is 1. The molecular formula is C26H23N3O4S. The van der Waals surface area contributed by atoms with Gasteiger partial charge in [-0.05, 0) is 32.1 Å². The highest BCUT2D eigenvalue weighted by atomic mass is 32.1. The van der Waals surface area contributed by atoms with Crippen LogP contribution in [0.15, 0.2) is 75.8 Å². The number of carbonyl (C=O) groups excluding carboxylic acids is 1. The number of nitrogens with one attached hydrogen (secondary N) is 1. The van der Waals surface area contributed by atoms with Gasteiger partial charge in [-0.2, -0.15) is 0 Å². The SMILES string of the molecule is CCOC(=O)C1=C(C)N=c2sc(=Cc3c[nH]c4ccccc34)c(=O)n2C1c1ccccc1OC. The fraction of sp³-hybridized carbons (Fsp3) is 0.192. The van der Waals surface area contributed by atoms with E-state index in [9.17, 15) is 9.59 Å². The quantitative estimate of drug-likeness (QED) is 0.451. The molecule has 1 unspecified atom stereocenters. The minimum absolute atomic E-state index is 0.221. The molecule has 1 N–H and O–H groups in total. The van der Waals surface area contributed by atoms with Gasteiger partial charge >= 0.3 is 5.97 Å². The molecule has 1 aliphatic rings. The molecule has 0 fully saturated rings. The zero-order chi connectivity index (χ0) is 23.8. The summed E-state index contributed by atoms with van der Waals surface area (Å²) in [5, 5.41) is 1.03. The number of nitrogens with zero attached hydrogens (tertiary/aromatic N) is 2. The highest BCUT2D eigenvalue weighted by Gasteiger charge is 2.34. The molecule has 2 aromatic heterocycles. The number of hydrogen-bond acceptors (Lipinski definition) is 6. The lowest BCUT2D eigenvalue weighted by atomic mass is 9.95.